The molecule has 15 heavy (non-hydrogen) atoms. The monoisotopic (exact) mass is 228 g/mol. The van der Waals surface area contributed by atoms with Crippen molar-refractivity contribution < 1.29 is 0 Å². The maximum absolute atomic E-state index is 5.88. The van der Waals surface area contributed by atoms with Crippen LogP contribution in [0.3, 0.4) is 0 Å². The molecule has 2 fully saturated rings. The van der Waals surface area contributed by atoms with Crippen molar-refractivity contribution in [2.24, 2.45) is 17.6 Å². The zero-order chi connectivity index (χ0) is 10.5. The lowest BCUT2D eigenvalue weighted by atomic mass is 9.79. The molecule has 0 aromatic heterocycles. The minimum absolute atomic E-state index is 0.813. The fourth-order valence-corrected chi connectivity index (χ4v) is 3.93. The summed E-state index contributed by atoms with van der Waals surface area (Å²) in [6, 6.07) is 0. The van der Waals surface area contributed by atoms with E-state index in [4.69, 9.17) is 5.73 Å². The highest BCUT2D eigenvalue weighted by molar-refractivity contribution is 7.99. The standard InChI is InChI=1S/C12H24N2S/c13-9-11-3-1-2-4-12(11)10-14-5-7-15-8-6-14/h11-12H,1-10,13H2. The predicted molar refractivity (Wildman–Crippen MR) is 68.3 cm³/mol. The van der Waals surface area contributed by atoms with E-state index in [0.717, 1.165) is 18.4 Å². The van der Waals surface area contributed by atoms with Gasteiger partial charge in [0.05, 0.1) is 0 Å². The topological polar surface area (TPSA) is 29.3 Å². The first-order chi connectivity index (χ1) is 7.40. The molecule has 0 bridgehead atoms. The fourth-order valence-electron chi connectivity index (χ4n) is 2.95. The van der Waals surface area contributed by atoms with Gasteiger partial charge in [-0.25, -0.2) is 0 Å². The highest BCUT2D eigenvalue weighted by atomic mass is 32.2. The van der Waals surface area contributed by atoms with Crippen LogP contribution in [0.15, 0.2) is 0 Å². The molecule has 0 radical (unpaired) electrons. The van der Waals surface area contributed by atoms with E-state index in [1.165, 1.54) is 56.8 Å². The molecule has 0 aromatic rings. The maximum Gasteiger partial charge on any atom is 0.00728 e. The Morgan fingerprint density at radius 3 is 2.40 bits per heavy atom. The van der Waals surface area contributed by atoms with Crippen LogP contribution in [-0.4, -0.2) is 42.6 Å². The van der Waals surface area contributed by atoms with Crippen molar-refractivity contribution in [2.75, 3.05) is 37.7 Å². The van der Waals surface area contributed by atoms with Gasteiger partial charge in [0, 0.05) is 31.1 Å². The molecule has 2 N–H and O–H groups in total. The van der Waals surface area contributed by atoms with Gasteiger partial charge >= 0.3 is 0 Å². The molecule has 0 aromatic carbocycles. The molecule has 2 atom stereocenters. The van der Waals surface area contributed by atoms with Crippen LogP contribution in [-0.2, 0) is 0 Å². The zero-order valence-electron chi connectivity index (χ0n) is 9.66. The van der Waals surface area contributed by atoms with Crippen molar-refractivity contribution in [2.45, 2.75) is 25.7 Å². The summed E-state index contributed by atoms with van der Waals surface area (Å²) in [4.78, 5) is 2.66. The van der Waals surface area contributed by atoms with Crippen molar-refractivity contribution in [3.05, 3.63) is 0 Å². The molecule has 1 aliphatic carbocycles. The van der Waals surface area contributed by atoms with Crippen molar-refractivity contribution in [3.63, 3.8) is 0 Å². The second-order valence-corrected chi connectivity index (χ2v) is 6.18. The Morgan fingerprint density at radius 1 is 1.07 bits per heavy atom. The molecule has 1 heterocycles. The zero-order valence-corrected chi connectivity index (χ0v) is 10.5. The fraction of sp³-hybridized carbons (Fsp3) is 1.00. The Bertz CT molecular complexity index is 180. The third-order valence-corrected chi connectivity index (χ3v) is 4.91. The summed E-state index contributed by atoms with van der Waals surface area (Å²) in [7, 11) is 0. The van der Waals surface area contributed by atoms with Crippen LogP contribution < -0.4 is 5.73 Å². The first kappa shape index (κ1) is 11.7. The number of nitrogens with zero attached hydrogens (tertiary/aromatic N) is 1. The van der Waals surface area contributed by atoms with Crippen molar-refractivity contribution >= 4 is 11.8 Å². The van der Waals surface area contributed by atoms with E-state index in [1.807, 2.05) is 0 Å². The Kier molecular flexibility index (Phi) is 4.79. The van der Waals surface area contributed by atoms with Crippen LogP contribution >= 0.6 is 11.8 Å². The van der Waals surface area contributed by atoms with Gasteiger partial charge in [-0.1, -0.05) is 12.8 Å². The molecule has 2 aliphatic rings. The highest BCUT2D eigenvalue weighted by Crippen LogP contribution is 2.30. The third kappa shape index (κ3) is 3.36. The Morgan fingerprint density at radius 2 is 1.73 bits per heavy atom. The van der Waals surface area contributed by atoms with Gasteiger partial charge in [0.2, 0.25) is 0 Å². The van der Waals surface area contributed by atoms with Crippen molar-refractivity contribution in [1.82, 2.24) is 4.90 Å². The summed E-state index contributed by atoms with van der Waals surface area (Å²) >= 11 is 2.10. The SMILES string of the molecule is NCC1CCCCC1CN1CCSCC1. The molecule has 0 amide bonds. The van der Waals surface area contributed by atoms with Gasteiger partial charge in [-0.05, 0) is 31.2 Å². The van der Waals surface area contributed by atoms with Crippen LogP contribution in [0.4, 0.5) is 0 Å². The lowest BCUT2D eigenvalue weighted by molar-refractivity contribution is 0.163. The molecule has 3 heteroatoms. The Hall–Kier alpha value is 0.270. The van der Waals surface area contributed by atoms with E-state index >= 15 is 0 Å². The number of hydrogen-bond donors (Lipinski definition) is 1. The van der Waals surface area contributed by atoms with E-state index in [0.29, 0.717) is 0 Å². The predicted octanol–water partition coefficient (Wildman–Crippen LogP) is 1.80. The molecule has 88 valence electrons. The number of rotatable bonds is 3. The number of thioether (sulfide) groups is 1. The third-order valence-electron chi connectivity index (χ3n) is 3.97. The quantitative estimate of drug-likeness (QED) is 0.799. The minimum atomic E-state index is 0.813. The second-order valence-electron chi connectivity index (χ2n) is 4.95. The van der Waals surface area contributed by atoms with Crippen LogP contribution in [0.5, 0.6) is 0 Å². The first-order valence-corrected chi connectivity index (χ1v) is 7.56. The van der Waals surface area contributed by atoms with E-state index in [9.17, 15) is 0 Å². The summed E-state index contributed by atoms with van der Waals surface area (Å²) in [5, 5.41) is 0. The Labute approximate surface area is 98.0 Å². The summed E-state index contributed by atoms with van der Waals surface area (Å²) in [5.41, 5.74) is 5.88. The Balaban J connectivity index is 1.79. The molecular weight excluding hydrogens is 204 g/mol. The van der Waals surface area contributed by atoms with Gasteiger partial charge in [0.1, 0.15) is 0 Å². The average molecular weight is 228 g/mol. The molecule has 2 nitrogen and oxygen atoms in total. The summed E-state index contributed by atoms with van der Waals surface area (Å²) < 4.78 is 0. The van der Waals surface area contributed by atoms with E-state index < -0.39 is 0 Å². The highest BCUT2D eigenvalue weighted by Gasteiger charge is 2.26. The number of nitrogens with two attached hydrogens (primary N) is 1. The van der Waals surface area contributed by atoms with Crippen molar-refractivity contribution in [3.8, 4) is 0 Å². The molecule has 1 aliphatic heterocycles. The van der Waals surface area contributed by atoms with E-state index in [2.05, 4.69) is 16.7 Å². The van der Waals surface area contributed by atoms with Gasteiger partial charge in [0.15, 0.2) is 0 Å². The average Bonchev–Trinajstić information content (AvgIpc) is 2.31. The lowest BCUT2D eigenvalue weighted by Crippen LogP contribution is -2.40. The summed E-state index contributed by atoms with van der Waals surface area (Å²) in [5.74, 6) is 4.38. The van der Waals surface area contributed by atoms with Crippen molar-refractivity contribution in [1.29, 1.82) is 0 Å². The second kappa shape index (κ2) is 6.12. The summed E-state index contributed by atoms with van der Waals surface area (Å²) in [6.07, 6.45) is 5.65. The minimum Gasteiger partial charge on any atom is -0.330 e. The molecule has 1 saturated heterocycles. The largest absolute Gasteiger partial charge is 0.330 e. The smallest absolute Gasteiger partial charge is 0.00728 e. The van der Waals surface area contributed by atoms with Gasteiger partial charge in [-0.3, -0.25) is 0 Å². The molecule has 2 unspecified atom stereocenters. The molecule has 1 saturated carbocycles. The maximum atomic E-state index is 5.88. The van der Waals surface area contributed by atoms with Crippen LogP contribution in [0, 0.1) is 11.8 Å². The normalized spacial score (nSPS) is 34.2. The van der Waals surface area contributed by atoms with Gasteiger partial charge in [-0.15, -0.1) is 0 Å². The number of hydrogen-bond acceptors (Lipinski definition) is 3. The van der Waals surface area contributed by atoms with E-state index in [-0.39, 0.29) is 0 Å². The van der Waals surface area contributed by atoms with Crippen LogP contribution in [0.25, 0.3) is 0 Å². The van der Waals surface area contributed by atoms with Crippen LogP contribution in [0.2, 0.25) is 0 Å². The van der Waals surface area contributed by atoms with Gasteiger partial charge in [-0.2, -0.15) is 11.8 Å². The van der Waals surface area contributed by atoms with Crippen LogP contribution in [0.1, 0.15) is 25.7 Å². The lowest BCUT2D eigenvalue weighted by Gasteiger charge is -2.36. The molecule has 2 rings (SSSR count). The molecular formula is C12H24N2S. The molecule has 0 spiro atoms. The summed E-state index contributed by atoms with van der Waals surface area (Å²) in [6.45, 7) is 4.84. The van der Waals surface area contributed by atoms with Gasteiger partial charge in [0.25, 0.3) is 0 Å². The van der Waals surface area contributed by atoms with Gasteiger partial charge < -0.3 is 10.6 Å². The van der Waals surface area contributed by atoms with E-state index in [1.54, 1.807) is 0 Å². The first-order valence-electron chi connectivity index (χ1n) is 6.40.